The van der Waals surface area contributed by atoms with Crippen molar-refractivity contribution >= 4 is 48.6 Å². The number of benzene rings is 2. The van der Waals surface area contributed by atoms with Gasteiger partial charge >= 0.3 is 0 Å². The lowest BCUT2D eigenvalue weighted by atomic mass is 10.0. The van der Waals surface area contributed by atoms with Crippen LogP contribution >= 0.6 is 15.9 Å². The molecule has 37 heavy (non-hydrogen) atoms. The molecule has 2 aromatic carbocycles. The van der Waals surface area contributed by atoms with Gasteiger partial charge in [-0.3, -0.25) is 14.1 Å². The normalized spacial score (nSPS) is 11.9. The van der Waals surface area contributed by atoms with E-state index in [-0.39, 0.29) is 22.5 Å². The van der Waals surface area contributed by atoms with Gasteiger partial charge in [0.05, 0.1) is 11.3 Å². The number of aryl methyl sites for hydroxylation is 1. The molecule has 8 nitrogen and oxygen atoms in total. The highest BCUT2D eigenvalue weighted by molar-refractivity contribution is 9.10. The Labute approximate surface area is 218 Å². The lowest BCUT2D eigenvalue weighted by Gasteiger charge is -2.17. The van der Waals surface area contributed by atoms with Crippen molar-refractivity contribution in [3.05, 3.63) is 79.9 Å². The smallest absolute Gasteiger partial charge is 0.260 e. The van der Waals surface area contributed by atoms with Gasteiger partial charge in [0, 0.05) is 27.7 Å². The van der Waals surface area contributed by atoms with Gasteiger partial charge < -0.3 is 5.73 Å². The summed E-state index contributed by atoms with van der Waals surface area (Å²) in [6, 6.07) is 6.22. The molecule has 0 saturated carbocycles. The van der Waals surface area contributed by atoms with Crippen LogP contribution in [-0.4, -0.2) is 23.0 Å². The number of nitrogens with two attached hydrogens (primary N) is 1. The van der Waals surface area contributed by atoms with Crippen LogP contribution in [0.3, 0.4) is 0 Å². The molecule has 194 valence electrons. The standard InChI is InChI=1S/C24H21BrF3N5O3S/c1-11(2)33-22-14(9-30-24(29)31-22)7-16(23(33)34)15-8-18(26)21(20(28)19(15)27)32-37(35,36)10-13-5-4-12(3)6-17(13)25/h4-9,11,32H,10H2,1-3H3,(H2,29,30,31). The number of rotatable bonds is 6. The molecule has 0 bridgehead atoms. The van der Waals surface area contributed by atoms with Crippen LogP contribution in [-0.2, 0) is 15.8 Å². The number of hydrogen-bond donors (Lipinski definition) is 2. The fourth-order valence-corrected chi connectivity index (χ4v) is 5.91. The molecule has 3 N–H and O–H groups in total. The molecular formula is C24H21BrF3N5O3S. The number of aromatic nitrogens is 3. The summed E-state index contributed by atoms with van der Waals surface area (Å²) in [5.41, 5.74) is 4.01. The molecule has 0 radical (unpaired) electrons. The van der Waals surface area contributed by atoms with Gasteiger partial charge in [-0.15, -0.1) is 0 Å². The highest BCUT2D eigenvalue weighted by Crippen LogP contribution is 2.32. The fraction of sp³-hybridized carbons (Fsp3) is 0.208. The third-order valence-corrected chi connectivity index (χ3v) is 7.51. The van der Waals surface area contributed by atoms with E-state index in [0.29, 0.717) is 16.1 Å². The Bertz CT molecular complexity index is 1730. The zero-order valence-corrected chi connectivity index (χ0v) is 22.2. The SMILES string of the molecule is Cc1ccc(CS(=O)(=O)Nc2c(F)cc(-c3cc4cnc(N)nc4n(C(C)C)c3=O)c(F)c2F)c(Br)c1. The van der Waals surface area contributed by atoms with Crippen molar-refractivity contribution in [3.63, 3.8) is 0 Å². The van der Waals surface area contributed by atoms with Gasteiger partial charge in [0.1, 0.15) is 11.3 Å². The Morgan fingerprint density at radius 1 is 1.11 bits per heavy atom. The van der Waals surface area contributed by atoms with E-state index in [4.69, 9.17) is 5.73 Å². The van der Waals surface area contributed by atoms with Crippen LogP contribution in [0.2, 0.25) is 0 Å². The van der Waals surface area contributed by atoms with Crippen LogP contribution in [0.15, 0.2) is 45.8 Å². The molecule has 0 saturated heterocycles. The number of nitrogens with one attached hydrogen (secondary N) is 1. The van der Waals surface area contributed by atoms with E-state index in [1.54, 1.807) is 36.8 Å². The Balaban J connectivity index is 1.81. The summed E-state index contributed by atoms with van der Waals surface area (Å²) in [5, 5.41) is 0.283. The number of pyridine rings is 1. The maximum atomic E-state index is 15.2. The molecule has 0 aliphatic heterocycles. The number of anilines is 2. The number of nitrogens with zero attached hydrogens (tertiary/aromatic N) is 3. The first-order chi connectivity index (χ1) is 17.3. The molecule has 2 heterocycles. The predicted octanol–water partition coefficient (Wildman–Crippen LogP) is 5.05. The second kappa shape index (κ2) is 9.78. The van der Waals surface area contributed by atoms with Crippen molar-refractivity contribution in [1.29, 1.82) is 0 Å². The summed E-state index contributed by atoms with van der Waals surface area (Å²) >= 11 is 3.26. The quantitative estimate of drug-likeness (QED) is 0.301. The molecular weight excluding hydrogens is 575 g/mol. The van der Waals surface area contributed by atoms with Crippen molar-refractivity contribution in [3.8, 4) is 11.1 Å². The molecule has 0 amide bonds. The van der Waals surface area contributed by atoms with Crippen molar-refractivity contribution in [1.82, 2.24) is 14.5 Å². The number of nitrogen functional groups attached to an aromatic ring is 1. The number of sulfonamides is 1. The van der Waals surface area contributed by atoms with Gasteiger partial charge in [-0.2, -0.15) is 4.98 Å². The van der Waals surface area contributed by atoms with Crippen LogP contribution in [0.5, 0.6) is 0 Å². The van der Waals surface area contributed by atoms with Crippen LogP contribution < -0.4 is 16.0 Å². The number of fused-ring (bicyclic) bond motifs is 1. The second-order valence-corrected chi connectivity index (χ2v) is 11.3. The van der Waals surface area contributed by atoms with Crippen LogP contribution in [0.1, 0.15) is 31.0 Å². The van der Waals surface area contributed by atoms with E-state index in [1.165, 1.54) is 16.8 Å². The van der Waals surface area contributed by atoms with Crippen LogP contribution in [0.25, 0.3) is 22.2 Å². The molecule has 0 aliphatic rings. The molecule has 13 heteroatoms. The van der Waals surface area contributed by atoms with Gasteiger partial charge in [0.25, 0.3) is 5.56 Å². The van der Waals surface area contributed by atoms with Gasteiger partial charge in [-0.05, 0) is 50.1 Å². The molecule has 0 unspecified atom stereocenters. The number of hydrogen-bond acceptors (Lipinski definition) is 6. The fourth-order valence-electron chi connectivity index (χ4n) is 3.86. The third-order valence-electron chi connectivity index (χ3n) is 5.57. The Kier molecular flexibility index (Phi) is 7.04. The predicted molar refractivity (Wildman–Crippen MR) is 139 cm³/mol. The van der Waals surface area contributed by atoms with Crippen molar-refractivity contribution in [2.45, 2.75) is 32.6 Å². The topological polar surface area (TPSA) is 120 Å². The lowest BCUT2D eigenvalue weighted by Crippen LogP contribution is -2.25. The van der Waals surface area contributed by atoms with Crippen molar-refractivity contribution < 1.29 is 21.6 Å². The minimum absolute atomic E-state index is 0.0911. The molecule has 2 aromatic heterocycles. The summed E-state index contributed by atoms with van der Waals surface area (Å²) in [6.07, 6.45) is 1.30. The minimum Gasteiger partial charge on any atom is -0.368 e. The maximum absolute atomic E-state index is 15.2. The summed E-state index contributed by atoms with van der Waals surface area (Å²) in [4.78, 5) is 21.1. The molecule has 4 aromatic rings. The maximum Gasteiger partial charge on any atom is 0.260 e. The zero-order valence-electron chi connectivity index (χ0n) is 19.8. The summed E-state index contributed by atoms with van der Waals surface area (Å²) in [7, 11) is -4.34. The highest BCUT2D eigenvalue weighted by Gasteiger charge is 2.26. The van der Waals surface area contributed by atoms with Gasteiger partial charge in [-0.25, -0.2) is 26.6 Å². The van der Waals surface area contributed by atoms with Crippen molar-refractivity contribution in [2.75, 3.05) is 10.5 Å². The van der Waals surface area contributed by atoms with Gasteiger partial charge in [-0.1, -0.05) is 28.1 Å². The van der Waals surface area contributed by atoms with E-state index >= 15 is 13.2 Å². The Hall–Kier alpha value is -3.45. The van der Waals surface area contributed by atoms with E-state index in [9.17, 15) is 13.2 Å². The summed E-state index contributed by atoms with van der Waals surface area (Å²) in [6.45, 7) is 5.15. The largest absolute Gasteiger partial charge is 0.368 e. The molecule has 0 spiro atoms. The summed E-state index contributed by atoms with van der Waals surface area (Å²) in [5.74, 6) is -5.50. The average Bonchev–Trinajstić information content (AvgIpc) is 2.80. The molecule has 0 aliphatic carbocycles. The third kappa shape index (κ3) is 5.18. The molecule has 0 fully saturated rings. The van der Waals surface area contributed by atoms with Crippen molar-refractivity contribution in [2.24, 2.45) is 0 Å². The monoisotopic (exact) mass is 595 g/mol. The van der Waals surface area contributed by atoms with E-state index in [0.717, 1.165) is 5.56 Å². The lowest BCUT2D eigenvalue weighted by molar-refractivity contribution is 0.502. The van der Waals surface area contributed by atoms with Gasteiger partial charge in [0.15, 0.2) is 17.5 Å². The first-order valence-electron chi connectivity index (χ1n) is 10.9. The second-order valence-electron chi connectivity index (χ2n) is 8.70. The van der Waals surface area contributed by atoms with Gasteiger partial charge in [0.2, 0.25) is 16.0 Å². The highest BCUT2D eigenvalue weighted by atomic mass is 79.9. The van der Waals surface area contributed by atoms with E-state index < -0.39 is 56.1 Å². The first kappa shape index (κ1) is 26.6. The average molecular weight is 596 g/mol. The summed E-state index contributed by atoms with van der Waals surface area (Å²) < 4.78 is 74.1. The first-order valence-corrected chi connectivity index (χ1v) is 13.3. The zero-order chi connectivity index (χ0) is 27.2. The molecule has 0 atom stereocenters. The number of halogens is 4. The van der Waals surface area contributed by atoms with Crippen LogP contribution in [0.4, 0.5) is 24.8 Å². The minimum atomic E-state index is -4.34. The van der Waals surface area contributed by atoms with E-state index in [2.05, 4.69) is 25.9 Å². The van der Waals surface area contributed by atoms with E-state index in [1.807, 2.05) is 6.92 Å². The van der Waals surface area contributed by atoms with Crippen LogP contribution in [0, 0.1) is 24.4 Å². The Morgan fingerprint density at radius 3 is 2.46 bits per heavy atom. The Morgan fingerprint density at radius 2 is 1.81 bits per heavy atom. The molecule has 4 rings (SSSR count).